The van der Waals surface area contributed by atoms with E-state index in [0.717, 1.165) is 0 Å². The van der Waals surface area contributed by atoms with E-state index in [0.29, 0.717) is 0 Å². The Labute approximate surface area is 60.6 Å². The fourth-order valence-corrected chi connectivity index (χ4v) is 0.467. The summed E-state index contributed by atoms with van der Waals surface area (Å²) in [4.78, 5) is 12.3. The smallest absolute Gasteiger partial charge is 0.224 e. The van der Waals surface area contributed by atoms with Crippen molar-refractivity contribution in [1.82, 2.24) is 4.90 Å². The molecule has 1 amide bonds. The van der Waals surface area contributed by atoms with Crippen LogP contribution in [-0.4, -0.2) is 42.7 Å². The van der Waals surface area contributed by atoms with E-state index in [1.807, 2.05) is 0 Å². The number of rotatable bonds is 3. The molecular weight excluding hydrogens is 132 g/mol. The van der Waals surface area contributed by atoms with Crippen molar-refractivity contribution in [2.45, 2.75) is 12.5 Å². The Balaban J connectivity index is 3.57. The Hall–Kier alpha value is -0.610. The molecule has 0 bridgehead atoms. The molecule has 0 rings (SSSR count). The van der Waals surface area contributed by atoms with Crippen LogP contribution in [0.4, 0.5) is 0 Å². The molecule has 0 unspecified atom stereocenters. The largest absolute Gasteiger partial charge is 0.391 e. The maximum Gasteiger partial charge on any atom is 0.224 e. The zero-order valence-electron chi connectivity index (χ0n) is 6.37. The molecule has 0 spiro atoms. The van der Waals surface area contributed by atoms with Crippen molar-refractivity contribution in [1.29, 1.82) is 0 Å². The molecule has 10 heavy (non-hydrogen) atoms. The minimum Gasteiger partial charge on any atom is -0.391 e. The second kappa shape index (κ2) is 4.24. The van der Waals surface area contributed by atoms with Gasteiger partial charge in [-0.15, -0.1) is 0 Å². The van der Waals surface area contributed by atoms with Gasteiger partial charge in [-0.2, -0.15) is 0 Å². The highest BCUT2D eigenvalue weighted by molar-refractivity contribution is 5.76. The molecule has 0 aromatic rings. The zero-order chi connectivity index (χ0) is 8.15. The molecule has 0 saturated heterocycles. The summed E-state index contributed by atoms with van der Waals surface area (Å²) in [6, 6.07) is 0. The molecule has 0 radical (unpaired) electrons. The lowest BCUT2D eigenvalue weighted by molar-refractivity contribution is -0.130. The fraction of sp³-hybridized carbons (Fsp3) is 0.833. The van der Waals surface area contributed by atoms with Gasteiger partial charge in [0.1, 0.15) is 0 Å². The summed E-state index contributed by atoms with van der Waals surface area (Å²) in [6.07, 6.45) is -0.585. The molecule has 60 valence electrons. The van der Waals surface area contributed by atoms with Gasteiger partial charge in [0.25, 0.3) is 0 Å². The molecule has 4 nitrogen and oxygen atoms in total. The monoisotopic (exact) mass is 146 g/mol. The Bertz CT molecular complexity index is 114. The third-order valence-electron chi connectivity index (χ3n) is 1.18. The first-order valence-electron chi connectivity index (χ1n) is 3.16. The fourth-order valence-electron chi connectivity index (χ4n) is 0.467. The van der Waals surface area contributed by atoms with Gasteiger partial charge in [0.15, 0.2) is 0 Å². The summed E-state index contributed by atoms with van der Waals surface area (Å²) in [5.41, 5.74) is 5.10. The summed E-state index contributed by atoms with van der Waals surface area (Å²) in [6.45, 7) is 0.138. The first-order chi connectivity index (χ1) is 4.57. The first-order valence-corrected chi connectivity index (χ1v) is 3.16. The highest BCUT2D eigenvalue weighted by atomic mass is 16.3. The lowest BCUT2D eigenvalue weighted by Gasteiger charge is -2.12. The predicted molar refractivity (Wildman–Crippen MR) is 38.4 cm³/mol. The van der Waals surface area contributed by atoms with Crippen molar-refractivity contribution < 1.29 is 9.90 Å². The van der Waals surface area contributed by atoms with E-state index < -0.39 is 6.10 Å². The molecule has 0 fully saturated rings. The minimum absolute atomic E-state index is 0.0991. The van der Waals surface area contributed by atoms with Gasteiger partial charge in [0.2, 0.25) is 5.91 Å². The van der Waals surface area contributed by atoms with Crippen LogP contribution < -0.4 is 5.73 Å². The maximum absolute atomic E-state index is 10.8. The third-order valence-corrected chi connectivity index (χ3v) is 1.18. The van der Waals surface area contributed by atoms with Crippen molar-refractivity contribution >= 4 is 5.91 Å². The van der Waals surface area contributed by atoms with Crippen LogP contribution in [0.5, 0.6) is 0 Å². The number of aliphatic hydroxyl groups excluding tert-OH is 1. The van der Waals surface area contributed by atoms with Crippen molar-refractivity contribution in [2.24, 2.45) is 5.73 Å². The highest BCUT2D eigenvalue weighted by Gasteiger charge is 2.09. The summed E-state index contributed by atoms with van der Waals surface area (Å²) >= 11 is 0. The van der Waals surface area contributed by atoms with Gasteiger partial charge in [-0.1, -0.05) is 0 Å². The number of aliphatic hydroxyl groups is 1. The van der Waals surface area contributed by atoms with Crippen LogP contribution in [0.15, 0.2) is 0 Å². The minimum atomic E-state index is -0.699. The summed E-state index contributed by atoms with van der Waals surface area (Å²) in [5, 5.41) is 8.90. The number of nitrogens with two attached hydrogens (primary N) is 1. The molecule has 0 aliphatic rings. The summed E-state index contributed by atoms with van der Waals surface area (Å²) in [5.74, 6) is -0.0991. The molecule has 0 aliphatic heterocycles. The SMILES string of the molecule is CN(C)C(=O)C[C@H](O)CN. The number of nitrogens with zero attached hydrogens (tertiary/aromatic N) is 1. The van der Waals surface area contributed by atoms with E-state index >= 15 is 0 Å². The Morgan fingerprint density at radius 2 is 2.20 bits per heavy atom. The summed E-state index contributed by atoms with van der Waals surface area (Å²) < 4.78 is 0. The molecule has 0 aliphatic carbocycles. The predicted octanol–water partition coefficient (Wildman–Crippen LogP) is -1.22. The molecule has 0 heterocycles. The van der Waals surface area contributed by atoms with Crippen molar-refractivity contribution in [3.8, 4) is 0 Å². The second-order valence-corrected chi connectivity index (χ2v) is 2.38. The van der Waals surface area contributed by atoms with E-state index in [2.05, 4.69) is 0 Å². The number of hydrogen-bond acceptors (Lipinski definition) is 3. The van der Waals surface area contributed by atoms with Gasteiger partial charge in [0, 0.05) is 20.6 Å². The number of hydrogen-bond donors (Lipinski definition) is 2. The number of carbonyl (C=O) groups excluding carboxylic acids is 1. The van der Waals surface area contributed by atoms with Crippen molar-refractivity contribution in [2.75, 3.05) is 20.6 Å². The first kappa shape index (κ1) is 9.39. The van der Waals surface area contributed by atoms with E-state index in [4.69, 9.17) is 10.8 Å². The van der Waals surface area contributed by atoms with Crippen LogP contribution in [0.25, 0.3) is 0 Å². The van der Waals surface area contributed by atoms with Crippen molar-refractivity contribution in [3.63, 3.8) is 0 Å². The number of amides is 1. The highest BCUT2D eigenvalue weighted by Crippen LogP contribution is 1.92. The van der Waals surface area contributed by atoms with Crippen LogP contribution in [0.1, 0.15) is 6.42 Å². The Morgan fingerprint density at radius 1 is 1.70 bits per heavy atom. The van der Waals surface area contributed by atoms with Gasteiger partial charge < -0.3 is 15.7 Å². The van der Waals surface area contributed by atoms with Gasteiger partial charge in [-0.3, -0.25) is 4.79 Å². The van der Waals surface area contributed by atoms with E-state index in [1.165, 1.54) is 4.90 Å². The molecular formula is C6H14N2O2. The standard InChI is InChI=1S/C6H14N2O2/c1-8(2)6(10)3-5(9)4-7/h5,9H,3-4,7H2,1-2H3/t5-/m0/s1. The Kier molecular flexibility index (Phi) is 3.99. The quantitative estimate of drug-likeness (QED) is 0.524. The molecule has 4 heteroatoms. The molecule has 0 aromatic heterocycles. The Morgan fingerprint density at radius 3 is 2.50 bits per heavy atom. The lowest BCUT2D eigenvalue weighted by Crippen LogP contribution is -2.30. The van der Waals surface area contributed by atoms with Gasteiger partial charge in [0.05, 0.1) is 12.5 Å². The van der Waals surface area contributed by atoms with Crippen LogP contribution in [0.2, 0.25) is 0 Å². The van der Waals surface area contributed by atoms with Crippen LogP contribution >= 0.6 is 0 Å². The second-order valence-electron chi connectivity index (χ2n) is 2.38. The third kappa shape index (κ3) is 3.42. The molecule has 0 aromatic carbocycles. The maximum atomic E-state index is 10.8. The average Bonchev–Trinajstić information content (AvgIpc) is 1.87. The molecule has 3 N–H and O–H groups in total. The topological polar surface area (TPSA) is 66.6 Å². The average molecular weight is 146 g/mol. The molecule has 1 atom stereocenters. The van der Waals surface area contributed by atoms with E-state index in [-0.39, 0.29) is 18.9 Å². The van der Waals surface area contributed by atoms with Gasteiger partial charge >= 0.3 is 0 Å². The van der Waals surface area contributed by atoms with Crippen molar-refractivity contribution in [3.05, 3.63) is 0 Å². The normalized spacial score (nSPS) is 12.8. The molecule has 0 saturated carbocycles. The van der Waals surface area contributed by atoms with Crippen LogP contribution in [0.3, 0.4) is 0 Å². The van der Waals surface area contributed by atoms with Crippen LogP contribution in [-0.2, 0) is 4.79 Å². The van der Waals surface area contributed by atoms with Gasteiger partial charge in [-0.25, -0.2) is 0 Å². The number of carbonyl (C=O) groups is 1. The van der Waals surface area contributed by atoms with Crippen LogP contribution in [0, 0.1) is 0 Å². The lowest BCUT2D eigenvalue weighted by atomic mass is 10.2. The van der Waals surface area contributed by atoms with E-state index in [9.17, 15) is 4.79 Å². The zero-order valence-corrected chi connectivity index (χ0v) is 6.37. The van der Waals surface area contributed by atoms with Gasteiger partial charge in [-0.05, 0) is 0 Å². The van der Waals surface area contributed by atoms with E-state index in [1.54, 1.807) is 14.1 Å². The summed E-state index contributed by atoms with van der Waals surface area (Å²) in [7, 11) is 3.29.